The number of piperidine rings is 1. The molecule has 2 saturated carbocycles. The van der Waals surface area contributed by atoms with Crippen molar-refractivity contribution in [2.24, 2.45) is 45.8 Å². The average molecular weight is 1640 g/mol. The van der Waals surface area contributed by atoms with Crippen LogP contribution >= 0.6 is 0 Å². The lowest BCUT2D eigenvalue weighted by Crippen LogP contribution is -2.43. The molecule has 18 heteroatoms. The minimum atomic E-state index is -0.421. The van der Waals surface area contributed by atoms with Crippen molar-refractivity contribution in [1.82, 2.24) is 31.5 Å². The Kier molecular flexibility index (Phi) is 80.2. The zero-order valence-electron chi connectivity index (χ0n) is 85.5. The van der Waals surface area contributed by atoms with E-state index in [1.54, 1.807) is 0 Å². The summed E-state index contributed by atoms with van der Waals surface area (Å²) in [6.07, 6.45) is 18.8. The number of hydrogen-bond donors (Lipinski definition) is 5. The largest absolute Gasteiger partial charge is 0.444 e. The average Bonchev–Trinajstić information content (AvgIpc) is 1.51. The number of nitrogens with one attached hydrogen (secondary N) is 5. The number of nitrogens with zero attached hydrogens (tertiary/aromatic N) is 1. The van der Waals surface area contributed by atoms with Gasteiger partial charge < -0.3 is 59.9 Å². The summed E-state index contributed by atoms with van der Waals surface area (Å²) in [7, 11) is 0. The van der Waals surface area contributed by atoms with Crippen LogP contribution < -0.4 is 26.6 Å². The highest BCUT2D eigenvalue weighted by Gasteiger charge is 2.34. The number of unbranched alkanes of at least 4 members (excludes halogenated alkanes) is 2. The van der Waals surface area contributed by atoms with E-state index in [9.17, 15) is 28.8 Å². The van der Waals surface area contributed by atoms with Crippen LogP contribution in [0.2, 0.25) is 0 Å². The molecule has 1 aliphatic heterocycles. The van der Waals surface area contributed by atoms with Crippen LogP contribution in [0.3, 0.4) is 0 Å². The van der Waals surface area contributed by atoms with E-state index >= 15 is 0 Å². The number of alkyl carbamates (subject to hydrolysis) is 5. The van der Waals surface area contributed by atoms with Crippen molar-refractivity contribution < 1.29 is 57.2 Å². The van der Waals surface area contributed by atoms with Gasteiger partial charge in [-0.25, -0.2) is 28.8 Å². The second-order valence-corrected chi connectivity index (χ2v) is 41.3. The van der Waals surface area contributed by atoms with Gasteiger partial charge in [-0.2, -0.15) is 0 Å². The van der Waals surface area contributed by atoms with Crippen LogP contribution in [0.4, 0.5) is 28.8 Å². The zero-order chi connectivity index (χ0) is 93.2. The lowest BCUT2D eigenvalue weighted by molar-refractivity contribution is 0.0127. The van der Waals surface area contributed by atoms with Gasteiger partial charge in [0.25, 0.3) is 0 Å². The molecule has 6 amide bonds. The maximum absolute atomic E-state index is 11.9. The monoisotopic (exact) mass is 1640 g/mol. The van der Waals surface area contributed by atoms with Gasteiger partial charge in [-0.1, -0.05) is 247 Å². The summed E-state index contributed by atoms with van der Waals surface area (Å²) in [5.74, 6) is 4.48. The van der Waals surface area contributed by atoms with Crippen LogP contribution in [-0.2, 0) is 28.4 Å². The first kappa shape index (κ1) is 131. The molecule has 2 aliphatic carbocycles. The molecule has 0 aromatic heterocycles. The summed E-state index contributed by atoms with van der Waals surface area (Å²) < 4.78 is 30.4. The van der Waals surface area contributed by atoms with Crippen molar-refractivity contribution in [2.75, 3.05) is 32.7 Å². The molecule has 0 spiro atoms. The van der Waals surface area contributed by atoms with Gasteiger partial charge in [0.2, 0.25) is 0 Å². The Labute approximate surface area is 716 Å². The van der Waals surface area contributed by atoms with E-state index in [0.29, 0.717) is 41.8 Å². The highest BCUT2D eigenvalue weighted by molar-refractivity contribution is 5.70. The van der Waals surface area contributed by atoms with Gasteiger partial charge in [-0.3, -0.25) is 0 Å². The molecular weight excluding hydrogens is 1440 g/mol. The van der Waals surface area contributed by atoms with E-state index in [1.165, 1.54) is 76.2 Å². The van der Waals surface area contributed by atoms with E-state index in [4.69, 9.17) is 28.4 Å². The van der Waals surface area contributed by atoms with E-state index < -0.39 is 28.0 Å². The normalized spacial score (nSPS) is 13.5. The quantitative estimate of drug-likeness (QED) is 0.115. The number of carbonyl (C=O) groups excluding carboxylic acids is 6. The van der Waals surface area contributed by atoms with Crippen molar-refractivity contribution >= 4 is 36.6 Å². The third kappa shape index (κ3) is 125. The number of amides is 6. The van der Waals surface area contributed by atoms with E-state index in [0.717, 1.165) is 68.9 Å². The van der Waals surface area contributed by atoms with Gasteiger partial charge in [0, 0.05) is 44.3 Å². The molecule has 1 saturated heterocycles. The molecular formula is C97H202N6O12. The minimum Gasteiger partial charge on any atom is -0.444 e. The Balaban J connectivity index is -0.000000132. The standard InChI is InChI=1S/C14H27NO2.C10H20.2C9H19NO2.2C8H17NO2.C7H15NO2.C7H14.C7H8.C5H12.2C4H10.C3H8.C2H6/c1-13(2,3)11-7-9-15(10-8-11)12(16)17-14(4,5)6;1-10(2,3)9-7-5-4-6-8-9;1-8(2,3)10-7(11)12-9(4,5)6;1-5-6-7-10-8(11)12-9(2,3)4;1-6(2)9-7(10)11-8(3,4)5;1-5-6-9-7(10)11-8(2,3)4;1-5-8-6(9)10-7(2,3)4;1-7(2,3)6-4-5-6;1-7-5-3-2-4-6-7;1-4-5(2)3;1-4(2)3;1-3-4-2;1-3-2;1-2/h11H,7-10H2,1-6H3;9H,4-8H2,1-3H3;1-6H3,(H,10,11);5-7H2,1-4H3,(H,10,11);6H,1-5H3,(H,9,10);5-6H2,1-4H3,(H,9,10);5H2,1-4H3,(H,8,9);6H,4-5H2,1-3H3;2-6H,1H3;5H,4H2,1-3H3;4H,1-3H3;3-4H2,1-2H3;3H2,1-2H3;1-2H3. The van der Waals surface area contributed by atoms with E-state index in [-0.39, 0.29) is 53.7 Å². The fourth-order valence-electron chi connectivity index (χ4n) is 8.54. The second-order valence-electron chi connectivity index (χ2n) is 41.3. The minimum absolute atomic E-state index is 0.129. The fourth-order valence-corrected chi connectivity index (χ4v) is 8.54. The molecule has 18 nitrogen and oxygen atoms in total. The first-order valence-corrected chi connectivity index (χ1v) is 44.7. The number of likely N-dealkylation sites (tertiary alicyclic amines) is 1. The predicted octanol–water partition coefficient (Wildman–Crippen LogP) is 29.7. The molecule has 692 valence electrons. The summed E-state index contributed by atoms with van der Waals surface area (Å²) in [5.41, 5.74) is 0.227. The first-order valence-electron chi connectivity index (χ1n) is 44.7. The Morgan fingerprint density at radius 3 is 0.913 bits per heavy atom. The summed E-state index contributed by atoms with van der Waals surface area (Å²) >= 11 is 0. The smallest absolute Gasteiger partial charge is 0.410 e. The molecule has 3 aliphatic rings. The van der Waals surface area contributed by atoms with Crippen molar-refractivity contribution in [3.63, 3.8) is 0 Å². The van der Waals surface area contributed by atoms with Crippen LogP contribution in [0, 0.1) is 52.8 Å². The molecule has 1 heterocycles. The number of aryl methyl sites for hydroxylation is 1. The topological polar surface area (TPSA) is 221 Å². The maximum Gasteiger partial charge on any atom is 0.410 e. The van der Waals surface area contributed by atoms with Gasteiger partial charge in [0.05, 0.1) is 0 Å². The Morgan fingerprint density at radius 1 is 0.391 bits per heavy atom. The van der Waals surface area contributed by atoms with E-state index in [2.05, 4.69) is 184 Å². The number of carbonyl (C=O) groups is 6. The highest BCUT2D eigenvalue weighted by Crippen LogP contribution is 2.44. The van der Waals surface area contributed by atoms with Crippen LogP contribution in [0.5, 0.6) is 0 Å². The molecule has 0 bridgehead atoms. The summed E-state index contributed by atoms with van der Waals surface area (Å²) in [4.78, 5) is 68.4. The maximum atomic E-state index is 11.9. The van der Waals surface area contributed by atoms with Gasteiger partial charge in [-0.15, -0.1) is 0 Å². The third-order valence-corrected chi connectivity index (χ3v) is 14.8. The second kappa shape index (κ2) is 70.7. The molecule has 1 aromatic carbocycles. The van der Waals surface area contributed by atoms with Gasteiger partial charge in [0.1, 0.15) is 33.6 Å². The van der Waals surface area contributed by atoms with Crippen LogP contribution in [0.15, 0.2) is 30.3 Å². The zero-order valence-corrected chi connectivity index (χ0v) is 85.5. The molecule has 0 atom stereocenters. The molecule has 115 heavy (non-hydrogen) atoms. The molecule has 0 unspecified atom stereocenters. The molecule has 0 radical (unpaired) electrons. The number of ether oxygens (including phenoxy) is 6. The Morgan fingerprint density at radius 2 is 0.687 bits per heavy atom. The summed E-state index contributed by atoms with van der Waals surface area (Å²) in [5, 5.41) is 13.2. The number of rotatable bonds is 9. The van der Waals surface area contributed by atoms with Crippen molar-refractivity contribution in [1.29, 1.82) is 0 Å². The summed E-state index contributed by atoms with van der Waals surface area (Å²) in [6.45, 7) is 101. The van der Waals surface area contributed by atoms with Crippen LogP contribution in [-0.4, -0.2) is 119 Å². The van der Waals surface area contributed by atoms with Crippen molar-refractivity contribution in [2.45, 2.75) is 480 Å². The lowest BCUT2D eigenvalue weighted by atomic mass is 9.72. The van der Waals surface area contributed by atoms with E-state index in [1.807, 2.05) is 210 Å². The van der Waals surface area contributed by atoms with Crippen LogP contribution in [0.25, 0.3) is 0 Å². The summed E-state index contributed by atoms with van der Waals surface area (Å²) in [6, 6.07) is 10.4. The van der Waals surface area contributed by atoms with Crippen molar-refractivity contribution in [3.05, 3.63) is 35.9 Å². The highest BCUT2D eigenvalue weighted by atomic mass is 16.6. The molecule has 4 rings (SSSR count). The lowest BCUT2D eigenvalue weighted by Gasteiger charge is -2.39. The SMILES string of the molecule is CC.CC(C)(C)C1CC1.CC(C)(C)C1CCCCC1.CC(C)(C)NC(=O)OC(C)(C)C.CC(C)(C)OC(=O)N1CCC(C(C)(C)C)CC1.CC(C)C.CC(C)NC(=O)OC(C)(C)C.CCC.CCC(C)C.CCCC.CCCCNC(=O)OC(C)(C)C.CCCNC(=O)OC(C)(C)C.CCNC(=O)OC(C)(C)C.Cc1ccccc1. The molecule has 3 fully saturated rings. The number of hydrogen-bond acceptors (Lipinski definition) is 12. The molecule has 1 aromatic rings. The Hall–Kier alpha value is -5.16. The van der Waals surface area contributed by atoms with Crippen LogP contribution in [0.1, 0.15) is 434 Å². The van der Waals surface area contributed by atoms with Crippen molar-refractivity contribution in [3.8, 4) is 0 Å². The van der Waals surface area contributed by atoms with Gasteiger partial charge in [0.15, 0.2) is 0 Å². The third-order valence-electron chi connectivity index (χ3n) is 14.8. The predicted molar refractivity (Wildman–Crippen MR) is 500 cm³/mol. The van der Waals surface area contributed by atoms with Gasteiger partial charge in [-0.05, 0) is 270 Å². The Bertz CT molecular complexity index is 2370. The molecule has 5 N–H and O–H groups in total. The number of benzene rings is 1. The van der Waals surface area contributed by atoms with Gasteiger partial charge >= 0.3 is 36.6 Å². The fraction of sp³-hybridized carbons (Fsp3) is 0.876. The first-order chi connectivity index (χ1) is 51.8.